The highest BCUT2D eigenvalue weighted by atomic mass is 32.1. The molecule has 1 amide bonds. The second kappa shape index (κ2) is 8.58. The second-order valence-electron chi connectivity index (χ2n) is 6.06. The van der Waals surface area contributed by atoms with Crippen molar-refractivity contribution < 1.29 is 4.79 Å². The molecule has 0 bridgehead atoms. The lowest BCUT2D eigenvalue weighted by Crippen LogP contribution is -2.27. The maximum Gasteiger partial charge on any atom is 0.220 e. The van der Waals surface area contributed by atoms with Crippen molar-refractivity contribution >= 4 is 17.2 Å². The molecule has 0 radical (unpaired) electrons. The zero-order valence-electron chi connectivity index (χ0n) is 14.3. The third kappa shape index (κ3) is 5.00. The van der Waals surface area contributed by atoms with E-state index in [1.54, 1.807) is 11.3 Å². The van der Waals surface area contributed by atoms with Gasteiger partial charge in [0, 0.05) is 36.4 Å². The Bertz CT molecular complexity index is 760. The molecule has 0 fully saturated rings. The molecule has 3 rings (SSSR count). The smallest absolute Gasteiger partial charge is 0.220 e. The summed E-state index contributed by atoms with van der Waals surface area (Å²) in [7, 11) is 0. The summed E-state index contributed by atoms with van der Waals surface area (Å²) in [5, 5.41) is 6.15. The van der Waals surface area contributed by atoms with Gasteiger partial charge in [0.15, 0.2) is 0 Å². The minimum Gasteiger partial charge on any atom is -0.356 e. The fourth-order valence-electron chi connectivity index (χ4n) is 2.88. The molecule has 0 spiro atoms. The Morgan fingerprint density at radius 2 is 1.64 bits per heavy atom. The first-order valence-corrected chi connectivity index (χ1v) is 9.38. The van der Waals surface area contributed by atoms with Gasteiger partial charge in [-0.1, -0.05) is 60.7 Å². The minimum absolute atomic E-state index is 0.0736. The zero-order chi connectivity index (χ0) is 17.5. The van der Waals surface area contributed by atoms with Crippen LogP contribution in [0.4, 0.5) is 0 Å². The number of carbonyl (C=O) groups is 1. The van der Waals surface area contributed by atoms with Crippen LogP contribution in [0.5, 0.6) is 0 Å². The van der Waals surface area contributed by atoms with Gasteiger partial charge in [0.25, 0.3) is 0 Å². The summed E-state index contributed by atoms with van der Waals surface area (Å²) in [6, 6.07) is 20.4. The largest absolute Gasteiger partial charge is 0.356 e. The molecule has 0 atom stereocenters. The Balaban J connectivity index is 1.62. The summed E-state index contributed by atoms with van der Waals surface area (Å²) < 4.78 is 0. The molecular formula is C21H22N2OS. The van der Waals surface area contributed by atoms with E-state index in [4.69, 9.17) is 0 Å². The van der Waals surface area contributed by atoms with E-state index in [-0.39, 0.29) is 11.8 Å². The van der Waals surface area contributed by atoms with Gasteiger partial charge in [-0.2, -0.15) is 0 Å². The molecule has 0 aliphatic rings. The second-order valence-corrected chi connectivity index (χ2v) is 7.00. The van der Waals surface area contributed by atoms with Gasteiger partial charge in [0.05, 0.1) is 5.01 Å². The molecular weight excluding hydrogens is 328 g/mol. The van der Waals surface area contributed by atoms with Crippen molar-refractivity contribution in [3.63, 3.8) is 0 Å². The van der Waals surface area contributed by atoms with Crippen molar-refractivity contribution in [2.75, 3.05) is 6.54 Å². The first-order chi connectivity index (χ1) is 12.2. The van der Waals surface area contributed by atoms with E-state index in [1.807, 2.05) is 48.7 Å². The number of hydrogen-bond acceptors (Lipinski definition) is 3. The fraction of sp³-hybridized carbons (Fsp3) is 0.238. The summed E-state index contributed by atoms with van der Waals surface area (Å²) >= 11 is 1.65. The van der Waals surface area contributed by atoms with Crippen LogP contribution in [0.3, 0.4) is 0 Å². The Kier molecular flexibility index (Phi) is 5.96. The topological polar surface area (TPSA) is 42.0 Å². The van der Waals surface area contributed by atoms with E-state index < -0.39 is 0 Å². The summed E-state index contributed by atoms with van der Waals surface area (Å²) in [6.07, 6.45) is 1.23. The normalized spacial score (nSPS) is 10.8. The molecule has 3 nitrogen and oxygen atoms in total. The number of benzene rings is 2. The summed E-state index contributed by atoms with van der Waals surface area (Å²) in [6.45, 7) is 2.62. The quantitative estimate of drug-likeness (QED) is 0.689. The average molecular weight is 350 g/mol. The number of nitrogens with zero attached hydrogens (tertiary/aromatic N) is 1. The van der Waals surface area contributed by atoms with Gasteiger partial charge in [-0.3, -0.25) is 4.79 Å². The van der Waals surface area contributed by atoms with Gasteiger partial charge in [-0.15, -0.1) is 11.3 Å². The molecule has 2 aromatic carbocycles. The number of thiazole rings is 1. The Morgan fingerprint density at radius 3 is 2.16 bits per heavy atom. The highest BCUT2D eigenvalue weighted by Gasteiger charge is 2.17. The highest BCUT2D eigenvalue weighted by molar-refractivity contribution is 7.09. The molecule has 1 heterocycles. The summed E-state index contributed by atoms with van der Waals surface area (Å²) in [5.74, 6) is 0.149. The predicted molar refractivity (Wildman–Crippen MR) is 103 cm³/mol. The lowest BCUT2D eigenvalue weighted by atomic mass is 9.88. The molecule has 25 heavy (non-hydrogen) atoms. The van der Waals surface area contributed by atoms with Crippen LogP contribution in [0.25, 0.3) is 0 Å². The van der Waals surface area contributed by atoms with E-state index in [0.717, 1.165) is 17.1 Å². The lowest BCUT2D eigenvalue weighted by molar-refractivity contribution is -0.121. The summed E-state index contributed by atoms with van der Waals surface area (Å²) in [5.41, 5.74) is 3.37. The van der Waals surface area contributed by atoms with E-state index in [9.17, 15) is 4.79 Å². The monoisotopic (exact) mass is 350 g/mol. The van der Waals surface area contributed by atoms with Gasteiger partial charge in [0.2, 0.25) is 5.91 Å². The molecule has 128 valence electrons. The molecule has 1 N–H and O–H groups in total. The van der Waals surface area contributed by atoms with Crippen molar-refractivity contribution in [3.05, 3.63) is 87.9 Å². The third-order valence-corrected chi connectivity index (χ3v) is 5.15. The van der Waals surface area contributed by atoms with Crippen LogP contribution in [0, 0.1) is 6.92 Å². The number of rotatable bonds is 7. The van der Waals surface area contributed by atoms with Crippen molar-refractivity contribution in [2.45, 2.75) is 25.7 Å². The van der Waals surface area contributed by atoms with Crippen LogP contribution < -0.4 is 5.32 Å². The van der Waals surface area contributed by atoms with Gasteiger partial charge in [-0.05, 0) is 18.1 Å². The Labute approximate surface area is 152 Å². The molecule has 0 saturated heterocycles. The zero-order valence-corrected chi connectivity index (χ0v) is 15.1. The van der Waals surface area contributed by atoms with Crippen molar-refractivity contribution in [1.29, 1.82) is 0 Å². The van der Waals surface area contributed by atoms with Gasteiger partial charge < -0.3 is 5.32 Å². The minimum atomic E-state index is 0.0736. The maximum absolute atomic E-state index is 12.5. The van der Waals surface area contributed by atoms with Crippen LogP contribution in [0.1, 0.15) is 34.2 Å². The Hall–Kier alpha value is -2.46. The molecule has 0 unspecified atom stereocenters. The van der Waals surface area contributed by atoms with Gasteiger partial charge in [0.1, 0.15) is 0 Å². The maximum atomic E-state index is 12.5. The molecule has 3 aromatic rings. The van der Waals surface area contributed by atoms with E-state index in [1.165, 1.54) is 11.1 Å². The Morgan fingerprint density at radius 1 is 1.04 bits per heavy atom. The number of aryl methyl sites for hydroxylation is 1. The molecule has 0 aliphatic heterocycles. The van der Waals surface area contributed by atoms with Gasteiger partial charge >= 0.3 is 0 Å². The fourth-order valence-corrected chi connectivity index (χ4v) is 3.66. The number of hydrogen-bond donors (Lipinski definition) is 1. The van der Waals surface area contributed by atoms with E-state index in [0.29, 0.717) is 13.0 Å². The van der Waals surface area contributed by atoms with Gasteiger partial charge in [-0.25, -0.2) is 4.98 Å². The standard InChI is InChI=1S/C21H22N2OS/c1-16-15-25-21(23-16)12-13-22-20(24)14-19(17-8-4-2-5-9-17)18-10-6-3-7-11-18/h2-11,15,19H,12-14H2,1H3,(H,22,24). The summed E-state index contributed by atoms with van der Waals surface area (Å²) in [4.78, 5) is 16.9. The van der Waals surface area contributed by atoms with Crippen molar-refractivity contribution in [1.82, 2.24) is 10.3 Å². The number of nitrogens with one attached hydrogen (secondary N) is 1. The van der Waals surface area contributed by atoms with Crippen LogP contribution >= 0.6 is 11.3 Å². The van der Waals surface area contributed by atoms with Crippen LogP contribution in [-0.2, 0) is 11.2 Å². The van der Waals surface area contributed by atoms with E-state index in [2.05, 4.69) is 34.6 Å². The first-order valence-electron chi connectivity index (χ1n) is 8.50. The SMILES string of the molecule is Cc1csc(CCNC(=O)CC(c2ccccc2)c2ccccc2)n1. The molecule has 0 aliphatic carbocycles. The van der Waals surface area contributed by atoms with Crippen LogP contribution in [0.15, 0.2) is 66.0 Å². The predicted octanol–water partition coefficient (Wildman–Crippen LogP) is 4.33. The first kappa shape index (κ1) is 17.4. The third-order valence-electron chi connectivity index (χ3n) is 4.12. The van der Waals surface area contributed by atoms with E-state index >= 15 is 0 Å². The number of carbonyl (C=O) groups excluding carboxylic acids is 1. The molecule has 1 aromatic heterocycles. The number of amides is 1. The molecule has 4 heteroatoms. The highest BCUT2D eigenvalue weighted by Crippen LogP contribution is 2.27. The van der Waals surface area contributed by atoms with Crippen LogP contribution in [-0.4, -0.2) is 17.4 Å². The average Bonchev–Trinajstić information content (AvgIpc) is 3.06. The lowest BCUT2D eigenvalue weighted by Gasteiger charge is -2.17. The number of aromatic nitrogens is 1. The van der Waals surface area contributed by atoms with Crippen molar-refractivity contribution in [2.24, 2.45) is 0 Å². The van der Waals surface area contributed by atoms with Crippen LogP contribution in [0.2, 0.25) is 0 Å². The molecule has 0 saturated carbocycles. The van der Waals surface area contributed by atoms with Crippen molar-refractivity contribution in [3.8, 4) is 0 Å².